The van der Waals surface area contributed by atoms with Crippen LogP contribution in [0.15, 0.2) is 0 Å². The summed E-state index contributed by atoms with van der Waals surface area (Å²) in [5.74, 6) is 0.719. The Bertz CT molecular complexity index is 765. The number of nitrogens with zero attached hydrogens (tertiary/aromatic N) is 1. The predicted octanol–water partition coefficient (Wildman–Crippen LogP) is 14.5. The first-order chi connectivity index (χ1) is 27.0. The van der Waals surface area contributed by atoms with E-state index in [2.05, 4.69) is 32.6 Å². The molecule has 0 fully saturated rings. The molecule has 0 aliphatic heterocycles. The number of carbonyl (C=O) groups excluding carboxylic acids is 2. The minimum atomic E-state index is -0.0118. The molecule has 0 saturated heterocycles. The van der Waals surface area contributed by atoms with Crippen LogP contribution in [0.2, 0.25) is 0 Å². The van der Waals surface area contributed by atoms with E-state index >= 15 is 0 Å². The Morgan fingerprint density at radius 1 is 0.436 bits per heavy atom. The number of esters is 2. The fourth-order valence-corrected chi connectivity index (χ4v) is 7.92. The Balaban J connectivity index is 4.14. The number of carbonyl (C=O) groups is 2. The lowest BCUT2D eigenvalue weighted by Gasteiger charge is -2.22. The van der Waals surface area contributed by atoms with Crippen molar-refractivity contribution in [2.45, 2.75) is 265 Å². The molecule has 0 rings (SSSR count). The first-order valence-electron chi connectivity index (χ1n) is 24.7. The van der Waals surface area contributed by atoms with E-state index in [1.807, 2.05) is 0 Å². The lowest BCUT2D eigenvalue weighted by atomic mass is 9.92. The molecule has 0 aliphatic carbocycles. The van der Waals surface area contributed by atoms with Gasteiger partial charge < -0.3 is 19.5 Å². The normalized spacial score (nSPS) is 11.7. The Labute approximate surface area is 343 Å². The fraction of sp³-hybridized carbons (Fsp3) is 0.959. The molecule has 55 heavy (non-hydrogen) atoms. The van der Waals surface area contributed by atoms with Gasteiger partial charge in [-0.05, 0) is 83.2 Å². The first-order valence-corrected chi connectivity index (χ1v) is 24.7. The molecule has 0 unspecified atom stereocenters. The van der Waals surface area contributed by atoms with Crippen LogP contribution >= 0.6 is 0 Å². The van der Waals surface area contributed by atoms with Gasteiger partial charge >= 0.3 is 11.9 Å². The third kappa shape index (κ3) is 39.5. The first kappa shape index (κ1) is 53.9. The van der Waals surface area contributed by atoms with Crippen LogP contribution < -0.4 is 0 Å². The van der Waals surface area contributed by atoms with Crippen LogP contribution in [0.4, 0.5) is 0 Å². The Morgan fingerprint density at radius 3 is 1.31 bits per heavy atom. The van der Waals surface area contributed by atoms with Gasteiger partial charge in [-0.1, -0.05) is 182 Å². The molecule has 6 nitrogen and oxygen atoms in total. The van der Waals surface area contributed by atoms with Crippen LogP contribution in [-0.2, 0) is 19.1 Å². The van der Waals surface area contributed by atoms with Crippen molar-refractivity contribution in [3.8, 4) is 0 Å². The monoisotopic (exact) mass is 780 g/mol. The second-order valence-corrected chi connectivity index (χ2v) is 17.0. The van der Waals surface area contributed by atoms with Crippen LogP contribution in [0.3, 0.4) is 0 Å². The molecule has 0 aromatic heterocycles. The number of rotatable bonds is 45. The molecule has 328 valence electrons. The van der Waals surface area contributed by atoms with E-state index in [4.69, 9.17) is 9.47 Å². The van der Waals surface area contributed by atoms with Crippen molar-refractivity contribution in [1.29, 1.82) is 0 Å². The molecule has 0 atom stereocenters. The second kappa shape index (κ2) is 44.0. The standard InChI is InChI=1S/C49H97NO5/c1-5-9-13-15-19-27-36-47(37-28-20-16-14-10-6-2)55-49(53)39-30-22-18-24-32-42-50(43-33-44-51)41-31-23-17-21-29-38-48(52)54-45-40-46(34-25-11-7-3)35-26-12-8-4/h46-47,51H,5-45H2,1-4H3. The van der Waals surface area contributed by atoms with Gasteiger partial charge in [0, 0.05) is 26.0 Å². The molecule has 0 bridgehead atoms. The summed E-state index contributed by atoms with van der Waals surface area (Å²) in [7, 11) is 0. The van der Waals surface area contributed by atoms with Crippen LogP contribution in [-0.4, -0.2) is 60.9 Å². The highest BCUT2D eigenvalue weighted by molar-refractivity contribution is 5.69. The highest BCUT2D eigenvalue weighted by atomic mass is 16.5. The molecule has 0 heterocycles. The third-order valence-electron chi connectivity index (χ3n) is 11.6. The van der Waals surface area contributed by atoms with Crippen molar-refractivity contribution in [3.63, 3.8) is 0 Å². The molecular weight excluding hydrogens is 683 g/mol. The Morgan fingerprint density at radius 2 is 0.818 bits per heavy atom. The summed E-state index contributed by atoms with van der Waals surface area (Å²) >= 11 is 0. The molecular formula is C49H97NO5. The van der Waals surface area contributed by atoms with Gasteiger partial charge in [-0.25, -0.2) is 0 Å². The van der Waals surface area contributed by atoms with E-state index in [-0.39, 0.29) is 24.6 Å². The summed E-state index contributed by atoms with van der Waals surface area (Å²) in [5, 5.41) is 9.43. The van der Waals surface area contributed by atoms with Crippen LogP contribution in [0.25, 0.3) is 0 Å². The summed E-state index contributed by atoms with van der Waals surface area (Å²) in [4.78, 5) is 27.6. The van der Waals surface area contributed by atoms with Gasteiger partial charge in [0.25, 0.3) is 0 Å². The van der Waals surface area contributed by atoms with E-state index in [0.717, 1.165) is 71.0 Å². The summed E-state index contributed by atoms with van der Waals surface area (Å²) in [6.45, 7) is 13.0. The zero-order chi connectivity index (χ0) is 40.3. The number of hydrogen-bond acceptors (Lipinski definition) is 6. The fourth-order valence-electron chi connectivity index (χ4n) is 7.92. The van der Waals surface area contributed by atoms with Crippen molar-refractivity contribution in [1.82, 2.24) is 4.90 Å². The average Bonchev–Trinajstić information content (AvgIpc) is 3.18. The molecule has 0 aromatic rings. The molecule has 0 aliphatic rings. The summed E-state index contributed by atoms with van der Waals surface area (Å²) in [6.07, 6.45) is 42.0. The zero-order valence-electron chi connectivity index (χ0n) is 37.7. The van der Waals surface area contributed by atoms with Crippen molar-refractivity contribution in [3.05, 3.63) is 0 Å². The van der Waals surface area contributed by atoms with Gasteiger partial charge in [0.15, 0.2) is 0 Å². The van der Waals surface area contributed by atoms with Crippen molar-refractivity contribution in [2.75, 3.05) is 32.8 Å². The Hall–Kier alpha value is -1.14. The summed E-state index contributed by atoms with van der Waals surface area (Å²) in [5.41, 5.74) is 0. The highest BCUT2D eigenvalue weighted by Crippen LogP contribution is 2.22. The number of hydrogen-bond donors (Lipinski definition) is 1. The topological polar surface area (TPSA) is 76.1 Å². The minimum Gasteiger partial charge on any atom is -0.466 e. The van der Waals surface area contributed by atoms with Crippen LogP contribution in [0.5, 0.6) is 0 Å². The van der Waals surface area contributed by atoms with Gasteiger partial charge in [-0.2, -0.15) is 0 Å². The molecule has 0 aromatic carbocycles. The Kier molecular flexibility index (Phi) is 43.1. The largest absolute Gasteiger partial charge is 0.466 e. The van der Waals surface area contributed by atoms with Crippen molar-refractivity contribution < 1.29 is 24.2 Å². The molecule has 0 saturated carbocycles. The molecule has 6 heteroatoms. The van der Waals surface area contributed by atoms with E-state index in [1.54, 1.807) is 0 Å². The summed E-state index contributed by atoms with van der Waals surface area (Å²) < 4.78 is 11.7. The average molecular weight is 780 g/mol. The smallest absolute Gasteiger partial charge is 0.306 e. The second-order valence-electron chi connectivity index (χ2n) is 17.0. The maximum atomic E-state index is 12.8. The minimum absolute atomic E-state index is 0.0118. The number of aliphatic hydroxyl groups is 1. The molecule has 1 N–H and O–H groups in total. The summed E-state index contributed by atoms with van der Waals surface area (Å²) in [6, 6.07) is 0. The van der Waals surface area contributed by atoms with Crippen LogP contribution in [0, 0.1) is 5.92 Å². The third-order valence-corrected chi connectivity index (χ3v) is 11.6. The van der Waals surface area contributed by atoms with Crippen LogP contribution in [0.1, 0.15) is 259 Å². The quantitative estimate of drug-likeness (QED) is 0.0490. The van der Waals surface area contributed by atoms with Gasteiger partial charge in [0.1, 0.15) is 6.10 Å². The SMILES string of the molecule is CCCCCCCCC(CCCCCCCC)OC(=O)CCCCCCCN(CCCO)CCCCCCCC(=O)OCCC(CCCCC)CCCCC. The van der Waals surface area contributed by atoms with E-state index in [0.29, 0.717) is 25.4 Å². The van der Waals surface area contributed by atoms with Gasteiger partial charge in [-0.3, -0.25) is 9.59 Å². The van der Waals surface area contributed by atoms with Crippen molar-refractivity contribution in [2.24, 2.45) is 5.92 Å². The number of unbranched alkanes of at least 4 members (excludes halogenated alkanes) is 22. The van der Waals surface area contributed by atoms with E-state index in [9.17, 15) is 14.7 Å². The maximum Gasteiger partial charge on any atom is 0.306 e. The molecule has 0 spiro atoms. The zero-order valence-corrected chi connectivity index (χ0v) is 37.7. The highest BCUT2D eigenvalue weighted by Gasteiger charge is 2.15. The lowest BCUT2D eigenvalue weighted by Crippen LogP contribution is -2.27. The van der Waals surface area contributed by atoms with E-state index < -0.39 is 0 Å². The van der Waals surface area contributed by atoms with Crippen molar-refractivity contribution >= 4 is 11.9 Å². The number of ether oxygens (including phenoxy) is 2. The maximum absolute atomic E-state index is 12.8. The van der Waals surface area contributed by atoms with E-state index in [1.165, 1.54) is 167 Å². The van der Waals surface area contributed by atoms with Gasteiger partial charge in [-0.15, -0.1) is 0 Å². The number of aliphatic hydroxyl groups excluding tert-OH is 1. The van der Waals surface area contributed by atoms with Gasteiger partial charge in [0.05, 0.1) is 6.61 Å². The predicted molar refractivity (Wildman–Crippen MR) is 237 cm³/mol. The van der Waals surface area contributed by atoms with Gasteiger partial charge in [0.2, 0.25) is 0 Å². The lowest BCUT2D eigenvalue weighted by molar-refractivity contribution is -0.150. The molecule has 0 radical (unpaired) electrons. The molecule has 0 amide bonds.